The van der Waals surface area contributed by atoms with E-state index in [1.165, 1.54) is 0 Å². The first-order chi connectivity index (χ1) is 18.9. The van der Waals surface area contributed by atoms with Crippen LogP contribution < -0.4 is 21.4 Å². The zero-order chi connectivity index (χ0) is 29.0. The molecule has 2 aliphatic rings. The van der Waals surface area contributed by atoms with Crippen LogP contribution in [0.5, 0.6) is 0 Å². The van der Waals surface area contributed by atoms with E-state index >= 15 is 4.39 Å². The predicted molar refractivity (Wildman–Crippen MR) is 138 cm³/mol. The number of piperidine rings is 1. The highest BCUT2D eigenvalue weighted by molar-refractivity contribution is 5.93. The summed E-state index contributed by atoms with van der Waals surface area (Å²) in [5, 5.41) is 12.0. The Morgan fingerprint density at radius 3 is 2.40 bits per heavy atom. The molecule has 2 aromatic heterocycles. The maximum Gasteiger partial charge on any atom is 0.341 e. The molecular weight excluding hydrogens is 531 g/mol. The Morgan fingerprint density at radius 1 is 1.12 bits per heavy atom. The van der Waals surface area contributed by atoms with Crippen molar-refractivity contribution in [3.8, 4) is 5.69 Å². The molecular formula is C27H26F3N5O5. The van der Waals surface area contributed by atoms with Gasteiger partial charge in [-0.1, -0.05) is 6.92 Å². The molecule has 1 aliphatic carbocycles. The van der Waals surface area contributed by atoms with E-state index < -0.39 is 46.4 Å². The minimum absolute atomic E-state index is 0.00306. The molecule has 10 nitrogen and oxygen atoms in total. The lowest BCUT2D eigenvalue weighted by atomic mass is 10.0. The van der Waals surface area contributed by atoms with Gasteiger partial charge in [-0.05, 0) is 25.1 Å². The van der Waals surface area contributed by atoms with Crippen LogP contribution in [0.15, 0.2) is 35.3 Å². The van der Waals surface area contributed by atoms with Gasteiger partial charge < -0.3 is 21.1 Å². The molecule has 0 bridgehead atoms. The maximum atomic E-state index is 15.3. The number of nitrogens with zero attached hydrogens (tertiary/aromatic N) is 3. The summed E-state index contributed by atoms with van der Waals surface area (Å²) in [5.74, 6) is -5.52. The summed E-state index contributed by atoms with van der Waals surface area (Å²) < 4.78 is 44.5. The van der Waals surface area contributed by atoms with E-state index in [4.69, 9.17) is 5.73 Å². The van der Waals surface area contributed by atoms with Crippen LogP contribution in [0.25, 0.3) is 16.7 Å². The van der Waals surface area contributed by atoms with Crippen LogP contribution in [0.2, 0.25) is 0 Å². The number of rotatable bonds is 8. The molecule has 1 saturated carbocycles. The zero-order valence-electron chi connectivity index (χ0n) is 21.5. The number of carboxylic acid groups (broad SMARTS) is 1. The fourth-order valence-corrected chi connectivity index (χ4v) is 5.25. The first-order valence-electron chi connectivity index (χ1n) is 12.7. The molecule has 13 heteroatoms. The zero-order valence-corrected chi connectivity index (χ0v) is 21.5. The molecule has 1 saturated heterocycles. The van der Waals surface area contributed by atoms with Gasteiger partial charge in [-0.3, -0.25) is 19.0 Å². The summed E-state index contributed by atoms with van der Waals surface area (Å²) in [4.78, 5) is 54.8. The van der Waals surface area contributed by atoms with Crippen molar-refractivity contribution < 1.29 is 32.7 Å². The number of benzene rings is 1. The standard InChI is InChI=1S/C27H26F3N5O5/c1-11(5-21(36)12(2)31)26(38)32-22-15-8-34(9-16(15)22)25-19(30)7-14-23(37)17(27(39)40)10-35(24(14)33-25)20-4-3-13(28)6-18(20)29/h3-4,6-7,10-12,15-16,22H,5,8-9,31H2,1-2H3,(H,32,38)(H,39,40)/t11-,12+,15-,16+,22?/m1/s1. The quantitative estimate of drug-likeness (QED) is 0.381. The van der Waals surface area contributed by atoms with Crippen LogP contribution in [0.1, 0.15) is 30.6 Å². The molecule has 210 valence electrons. The third-order valence-electron chi connectivity index (χ3n) is 7.58. The topological polar surface area (TPSA) is 148 Å². The van der Waals surface area contributed by atoms with Gasteiger partial charge in [0.1, 0.15) is 23.0 Å². The fourth-order valence-electron chi connectivity index (χ4n) is 5.25. The highest BCUT2D eigenvalue weighted by Gasteiger charge is 2.57. The summed E-state index contributed by atoms with van der Waals surface area (Å²) in [6.45, 7) is 3.88. The molecule has 4 N–H and O–H groups in total. The number of aromatic carboxylic acids is 1. The van der Waals surface area contributed by atoms with Crippen LogP contribution >= 0.6 is 0 Å². The van der Waals surface area contributed by atoms with Gasteiger partial charge in [-0.25, -0.2) is 22.9 Å². The molecule has 3 heterocycles. The van der Waals surface area contributed by atoms with E-state index in [-0.39, 0.29) is 58.5 Å². The normalized spacial score (nSPS) is 21.1. The van der Waals surface area contributed by atoms with Crippen molar-refractivity contribution >= 4 is 34.5 Å². The van der Waals surface area contributed by atoms with Gasteiger partial charge in [0.25, 0.3) is 0 Å². The number of carboxylic acids is 1. The molecule has 1 aromatic carbocycles. The minimum atomic E-state index is -1.60. The molecule has 2 fully saturated rings. The molecule has 3 aromatic rings. The number of aromatic nitrogens is 2. The van der Waals surface area contributed by atoms with Gasteiger partial charge in [0, 0.05) is 55.6 Å². The van der Waals surface area contributed by atoms with Crippen LogP contribution in [0, 0.1) is 35.2 Å². The molecule has 1 unspecified atom stereocenters. The Hall–Kier alpha value is -4.26. The Kier molecular flexibility index (Phi) is 6.86. The summed E-state index contributed by atoms with van der Waals surface area (Å²) in [6, 6.07) is 2.68. The molecule has 5 atom stereocenters. The third kappa shape index (κ3) is 4.81. The van der Waals surface area contributed by atoms with Gasteiger partial charge in [-0.15, -0.1) is 0 Å². The van der Waals surface area contributed by atoms with Gasteiger partial charge in [-0.2, -0.15) is 0 Å². The van der Waals surface area contributed by atoms with Crippen LogP contribution in [0.3, 0.4) is 0 Å². The number of nitrogens with one attached hydrogen (secondary N) is 1. The number of halogens is 3. The van der Waals surface area contributed by atoms with E-state index in [2.05, 4.69) is 10.3 Å². The first-order valence-corrected chi connectivity index (χ1v) is 12.7. The second-order valence-corrected chi connectivity index (χ2v) is 10.4. The second kappa shape index (κ2) is 10.0. The number of carbonyl (C=O) groups excluding carboxylic acids is 2. The number of fused-ring (bicyclic) bond motifs is 2. The lowest BCUT2D eigenvalue weighted by Crippen LogP contribution is -2.39. The van der Waals surface area contributed by atoms with Crippen molar-refractivity contribution in [2.24, 2.45) is 23.5 Å². The minimum Gasteiger partial charge on any atom is -0.477 e. The number of anilines is 1. The molecule has 1 amide bonds. The fraction of sp³-hybridized carbons (Fsp3) is 0.370. The van der Waals surface area contributed by atoms with Crippen molar-refractivity contribution in [1.82, 2.24) is 14.9 Å². The van der Waals surface area contributed by atoms with Crippen LogP contribution in [-0.2, 0) is 9.59 Å². The molecule has 40 heavy (non-hydrogen) atoms. The van der Waals surface area contributed by atoms with Crippen molar-refractivity contribution in [1.29, 1.82) is 0 Å². The van der Waals surface area contributed by atoms with E-state index in [1.807, 2.05) is 0 Å². The smallest absolute Gasteiger partial charge is 0.341 e. The van der Waals surface area contributed by atoms with E-state index in [9.17, 15) is 33.1 Å². The summed E-state index contributed by atoms with van der Waals surface area (Å²) >= 11 is 0. The number of pyridine rings is 2. The number of amides is 1. The number of nitrogens with two attached hydrogens (primary N) is 1. The SMILES string of the molecule is C[C@H](N)C(=O)C[C@@H](C)C(=O)NC1[C@H]2CN(c3nc4c(cc3F)c(=O)c(C(=O)O)cn4-c3ccc(F)cc3F)C[C@@H]12. The van der Waals surface area contributed by atoms with Gasteiger partial charge >= 0.3 is 5.97 Å². The lowest BCUT2D eigenvalue weighted by Gasteiger charge is -2.23. The Balaban J connectivity index is 1.42. The molecule has 5 rings (SSSR count). The van der Waals surface area contributed by atoms with Gasteiger partial charge in [0.2, 0.25) is 11.3 Å². The van der Waals surface area contributed by atoms with Crippen molar-refractivity contribution in [2.75, 3.05) is 18.0 Å². The summed E-state index contributed by atoms with van der Waals surface area (Å²) in [7, 11) is 0. The number of hydrogen-bond donors (Lipinski definition) is 3. The molecule has 0 radical (unpaired) electrons. The van der Waals surface area contributed by atoms with Crippen LogP contribution in [-0.4, -0.2) is 57.5 Å². The first kappa shape index (κ1) is 27.3. The molecule has 0 spiro atoms. The Bertz CT molecular complexity index is 1610. The van der Waals surface area contributed by atoms with Crippen LogP contribution in [0.4, 0.5) is 19.0 Å². The predicted octanol–water partition coefficient (Wildman–Crippen LogP) is 1.99. The average Bonchev–Trinajstić information content (AvgIpc) is 3.31. The van der Waals surface area contributed by atoms with E-state index in [1.54, 1.807) is 18.7 Å². The van der Waals surface area contributed by atoms with Crippen molar-refractivity contribution in [3.63, 3.8) is 0 Å². The summed E-state index contributed by atoms with van der Waals surface area (Å²) in [5.41, 5.74) is 3.37. The number of carbonyl (C=O) groups is 3. The highest BCUT2D eigenvalue weighted by atomic mass is 19.1. The van der Waals surface area contributed by atoms with Gasteiger partial charge in [0.05, 0.1) is 17.1 Å². The Morgan fingerprint density at radius 2 is 1.80 bits per heavy atom. The second-order valence-electron chi connectivity index (χ2n) is 10.4. The van der Waals surface area contributed by atoms with E-state index in [0.29, 0.717) is 19.2 Å². The average molecular weight is 558 g/mol. The summed E-state index contributed by atoms with van der Waals surface area (Å²) in [6.07, 6.45) is 0.909. The largest absolute Gasteiger partial charge is 0.477 e. The number of Topliss-reactive ketones (excluding diaryl/α,β-unsaturated/α-hetero) is 1. The maximum absolute atomic E-state index is 15.3. The third-order valence-corrected chi connectivity index (χ3v) is 7.58. The lowest BCUT2D eigenvalue weighted by molar-refractivity contribution is -0.129. The van der Waals surface area contributed by atoms with E-state index in [0.717, 1.165) is 29.0 Å². The number of hydrogen-bond acceptors (Lipinski definition) is 7. The number of ketones is 1. The van der Waals surface area contributed by atoms with Crippen molar-refractivity contribution in [2.45, 2.75) is 32.4 Å². The van der Waals surface area contributed by atoms with Gasteiger partial charge in [0.15, 0.2) is 17.3 Å². The monoisotopic (exact) mass is 557 g/mol. The highest BCUT2D eigenvalue weighted by Crippen LogP contribution is 2.47. The molecule has 1 aliphatic heterocycles. The Labute approximate surface area is 225 Å². The van der Waals surface area contributed by atoms with Crippen molar-refractivity contribution in [3.05, 3.63) is 63.7 Å².